The van der Waals surface area contributed by atoms with E-state index in [4.69, 9.17) is 26.2 Å². The third-order valence-electron chi connectivity index (χ3n) is 7.20. The fraction of sp³-hybridized carbons (Fsp3) is 0.393. The number of imide groups is 1. The average molecular weight is 627 g/mol. The zero-order valence-corrected chi connectivity index (χ0v) is 24.1. The predicted molar refractivity (Wildman–Crippen MR) is 148 cm³/mol. The number of carbonyl (C=O) groups excluding carboxylic acids is 4. The highest BCUT2D eigenvalue weighted by molar-refractivity contribution is 6.30. The summed E-state index contributed by atoms with van der Waals surface area (Å²) in [5.41, 5.74) is -0.0319. The number of alkyl halides is 3. The summed E-state index contributed by atoms with van der Waals surface area (Å²) in [5, 5.41) is 13.7. The van der Waals surface area contributed by atoms with Crippen molar-refractivity contribution in [3.8, 4) is 0 Å². The van der Waals surface area contributed by atoms with Gasteiger partial charge < -0.3 is 20.1 Å². The van der Waals surface area contributed by atoms with Gasteiger partial charge in [0.05, 0.1) is 25.5 Å². The Labute approximate surface area is 249 Å². The molecular formula is C28H30ClF3N4O7. The first-order chi connectivity index (χ1) is 20.1. The van der Waals surface area contributed by atoms with Gasteiger partial charge in [-0.05, 0) is 43.7 Å². The molecule has 0 spiro atoms. The van der Waals surface area contributed by atoms with Crippen molar-refractivity contribution in [1.29, 1.82) is 0 Å². The first-order valence-electron chi connectivity index (χ1n) is 13.0. The van der Waals surface area contributed by atoms with Crippen LogP contribution in [0.5, 0.6) is 0 Å². The largest absolute Gasteiger partial charge is 0.490 e. The number of amides is 4. The van der Waals surface area contributed by atoms with E-state index in [9.17, 15) is 32.3 Å². The monoisotopic (exact) mass is 626 g/mol. The molecule has 2 aromatic rings. The molecule has 0 saturated carbocycles. The Bertz CT molecular complexity index is 1360. The lowest BCUT2D eigenvalue weighted by molar-refractivity contribution is -0.192. The molecule has 2 fully saturated rings. The van der Waals surface area contributed by atoms with E-state index < -0.39 is 47.4 Å². The number of carboxylic acids is 1. The Morgan fingerprint density at radius 1 is 1.09 bits per heavy atom. The van der Waals surface area contributed by atoms with Crippen molar-refractivity contribution in [2.45, 2.75) is 38.1 Å². The Hall–Kier alpha value is -4.17. The summed E-state index contributed by atoms with van der Waals surface area (Å²) in [4.78, 5) is 64.5. The van der Waals surface area contributed by atoms with Gasteiger partial charge in [-0.3, -0.25) is 24.6 Å². The minimum absolute atomic E-state index is 0.113. The number of methoxy groups -OCH3 is 1. The molecule has 0 aliphatic carbocycles. The molecule has 4 atom stereocenters. The van der Waals surface area contributed by atoms with E-state index in [2.05, 4.69) is 10.6 Å². The fourth-order valence-corrected chi connectivity index (χ4v) is 5.26. The summed E-state index contributed by atoms with van der Waals surface area (Å²) in [6.07, 6.45) is -5.08. The van der Waals surface area contributed by atoms with E-state index in [1.807, 2.05) is 37.3 Å². The van der Waals surface area contributed by atoms with Crippen LogP contribution in [-0.2, 0) is 30.5 Å². The van der Waals surface area contributed by atoms with Crippen LogP contribution in [0.3, 0.4) is 0 Å². The van der Waals surface area contributed by atoms with Gasteiger partial charge >= 0.3 is 24.1 Å². The van der Waals surface area contributed by atoms with Gasteiger partial charge in [-0.15, -0.1) is 0 Å². The van der Waals surface area contributed by atoms with Gasteiger partial charge in [-0.2, -0.15) is 13.2 Å². The SMILES string of the molecule is CCN(C[C@H]1N[C@@](C)(C(=O)OC)[C@H]2C(=O)N(Cc3ccccc3)C(=O)[C@@H]12)C(=O)Nc1ccc(Cl)cc1.O=C(O)C(F)(F)F. The molecule has 15 heteroatoms. The lowest BCUT2D eigenvalue weighted by atomic mass is 9.81. The zero-order chi connectivity index (χ0) is 32.1. The Kier molecular flexibility index (Phi) is 10.4. The van der Waals surface area contributed by atoms with Crippen molar-refractivity contribution in [3.05, 3.63) is 65.2 Å². The minimum Gasteiger partial charge on any atom is -0.475 e. The molecule has 232 valence electrons. The van der Waals surface area contributed by atoms with Crippen LogP contribution in [0.2, 0.25) is 5.02 Å². The van der Waals surface area contributed by atoms with Crippen molar-refractivity contribution in [2.75, 3.05) is 25.5 Å². The molecule has 4 amide bonds. The highest BCUT2D eigenvalue weighted by Gasteiger charge is 2.66. The average Bonchev–Trinajstić information content (AvgIpc) is 3.40. The van der Waals surface area contributed by atoms with Crippen molar-refractivity contribution < 1.29 is 47.0 Å². The van der Waals surface area contributed by atoms with E-state index in [1.165, 1.54) is 16.9 Å². The summed E-state index contributed by atoms with van der Waals surface area (Å²) in [7, 11) is 1.25. The molecule has 0 aromatic heterocycles. The fourth-order valence-electron chi connectivity index (χ4n) is 5.14. The number of urea groups is 1. The van der Waals surface area contributed by atoms with Crippen LogP contribution in [-0.4, -0.2) is 82.6 Å². The number of benzene rings is 2. The molecule has 2 aliphatic rings. The molecule has 2 heterocycles. The van der Waals surface area contributed by atoms with Crippen LogP contribution >= 0.6 is 11.6 Å². The molecule has 0 radical (unpaired) electrons. The van der Waals surface area contributed by atoms with Gasteiger partial charge in [0.25, 0.3) is 0 Å². The number of esters is 1. The molecule has 4 rings (SSSR count). The first-order valence-corrected chi connectivity index (χ1v) is 13.4. The molecule has 3 N–H and O–H groups in total. The van der Waals surface area contributed by atoms with E-state index in [-0.39, 0.29) is 25.0 Å². The number of nitrogens with one attached hydrogen (secondary N) is 2. The molecule has 0 unspecified atom stereocenters. The maximum atomic E-state index is 13.6. The van der Waals surface area contributed by atoms with Crippen molar-refractivity contribution >= 4 is 47.1 Å². The highest BCUT2D eigenvalue weighted by Crippen LogP contribution is 2.44. The standard InChI is InChI=1S/C26H29ClN4O5.C2HF3O2/c1-4-30(25(35)28-18-12-10-17(27)11-13-18)15-19-20-21(26(2,29-19)24(34)36-3)23(33)31(22(20)32)14-16-8-6-5-7-9-16;3-2(4,5)1(6)7/h5-13,19-21,29H,4,14-15H2,1-3H3,(H,28,35);(H,6,7)/t19-,20+,21-,26-;/m1./s1. The number of ether oxygens (including phenoxy) is 1. The molecule has 0 bridgehead atoms. The third kappa shape index (κ3) is 7.43. The number of hydrogen-bond donors (Lipinski definition) is 3. The van der Waals surface area contributed by atoms with Crippen molar-refractivity contribution in [1.82, 2.24) is 15.1 Å². The van der Waals surface area contributed by atoms with Crippen LogP contribution in [0, 0.1) is 11.8 Å². The maximum absolute atomic E-state index is 13.6. The topological polar surface area (TPSA) is 145 Å². The second-order valence-corrected chi connectivity index (χ2v) is 10.4. The molecule has 43 heavy (non-hydrogen) atoms. The molecular weight excluding hydrogens is 597 g/mol. The number of carboxylic acid groups (broad SMARTS) is 1. The first kappa shape index (κ1) is 33.3. The second-order valence-electron chi connectivity index (χ2n) is 9.98. The Morgan fingerprint density at radius 3 is 2.19 bits per heavy atom. The number of hydrogen-bond acceptors (Lipinski definition) is 7. The minimum atomic E-state index is -5.08. The van der Waals surface area contributed by atoms with E-state index in [0.717, 1.165) is 5.56 Å². The smallest absolute Gasteiger partial charge is 0.475 e. The second kappa shape index (κ2) is 13.4. The van der Waals surface area contributed by atoms with E-state index in [0.29, 0.717) is 17.3 Å². The lowest BCUT2D eigenvalue weighted by Gasteiger charge is -2.30. The number of nitrogens with zero attached hydrogens (tertiary/aromatic N) is 2. The summed E-state index contributed by atoms with van der Waals surface area (Å²) in [5.74, 6) is -5.94. The number of rotatable bonds is 7. The number of carbonyl (C=O) groups is 5. The van der Waals surface area contributed by atoms with E-state index >= 15 is 0 Å². The number of aliphatic carboxylic acids is 1. The molecule has 2 aliphatic heterocycles. The summed E-state index contributed by atoms with van der Waals surface area (Å²) in [6, 6.07) is 14.9. The molecule has 2 saturated heterocycles. The predicted octanol–water partition coefficient (Wildman–Crippen LogP) is 3.53. The zero-order valence-electron chi connectivity index (χ0n) is 23.4. The summed E-state index contributed by atoms with van der Waals surface area (Å²) >= 11 is 5.92. The molecule has 11 nitrogen and oxygen atoms in total. The van der Waals surface area contributed by atoms with Gasteiger partial charge in [-0.1, -0.05) is 41.9 Å². The Morgan fingerprint density at radius 2 is 1.67 bits per heavy atom. The quantitative estimate of drug-likeness (QED) is 0.313. The van der Waals surface area contributed by atoms with Crippen LogP contribution in [0.1, 0.15) is 19.4 Å². The van der Waals surface area contributed by atoms with E-state index in [1.54, 1.807) is 31.2 Å². The number of likely N-dealkylation sites (N-methyl/N-ethyl adjacent to an activating group) is 1. The summed E-state index contributed by atoms with van der Waals surface area (Å²) < 4.78 is 36.7. The third-order valence-corrected chi connectivity index (χ3v) is 7.45. The Balaban J connectivity index is 0.000000646. The van der Waals surface area contributed by atoms with Crippen molar-refractivity contribution in [2.24, 2.45) is 11.8 Å². The van der Waals surface area contributed by atoms with Crippen molar-refractivity contribution in [3.63, 3.8) is 0 Å². The normalized spacial score (nSPS) is 22.8. The number of anilines is 1. The summed E-state index contributed by atoms with van der Waals surface area (Å²) in [6.45, 7) is 3.97. The lowest BCUT2D eigenvalue weighted by Crippen LogP contribution is -2.56. The van der Waals surface area contributed by atoms with Crippen LogP contribution in [0.15, 0.2) is 54.6 Å². The van der Waals surface area contributed by atoms with Gasteiger partial charge in [0.1, 0.15) is 5.54 Å². The molecule has 2 aromatic carbocycles. The van der Waals surface area contributed by atoms with Gasteiger partial charge in [0.15, 0.2) is 0 Å². The van der Waals surface area contributed by atoms with Gasteiger partial charge in [0, 0.05) is 29.8 Å². The maximum Gasteiger partial charge on any atom is 0.490 e. The van der Waals surface area contributed by atoms with Crippen LogP contribution < -0.4 is 10.6 Å². The number of fused-ring (bicyclic) bond motifs is 1. The van der Waals surface area contributed by atoms with Crippen LogP contribution in [0.25, 0.3) is 0 Å². The van der Waals surface area contributed by atoms with Gasteiger partial charge in [0.2, 0.25) is 11.8 Å². The van der Waals surface area contributed by atoms with Gasteiger partial charge in [-0.25, -0.2) is 9.59 Å². The highest BCUT2D eigenvalue weighted by atomic mass is 35.5. The number of likely N-dealkylation sites (tertiary alicyclic amines) is 1. The van der Waals surface area contributed by atoms with Crippen LogP contribution in [0.4, 0.5) is 23.7 Å². The number of halogens is 4.